The summed E-state index contributed by atoms with van der Waals surface area (Å²) in [7, 11) is 0. The van der Waals surface area contributed by atoms with Crippen LogP contribution in [-0.2, 0) is 24.2 Å². The molecule has 4 heterocycles. The lowest BCUT2D eigenvalue weighted by molar-refractivity contribution is 0.00638. The van der Waals surface area contributed by atoms with E-state index in [0.29, 0.717) is 35.2 Å². The molecule has 0 aliphatic carbocycles. The van der Waals surface area contributed by atoms with Crippen molar-refractivity contribution in [3.63, 3.8) is 0 Å². The maximum Gasteiger partial charge on any atom is 0.358 e. The molecule has 0 saturated carbocycles. The molecule has 1 amide bonds. The van der Waals surface area contributed by atoms with E-state index in [9.17, 15) is 9.59 Å². The van der Waals surface area contributed by atoms with Crippen molar-refractivity contribution in [1.29, 1.82) is 0 Å². The van der Waals surface area contributed by atoms with Crippen molar-refractivity contribution in [2.75, 3.05) is 16.8 Å². The Morgan fingerprint density at radius 1 is 0.915 bits per heavy atom. The lowest BCUT2D eigenvalue weighted by atomic mass is 9.94. The fourth-order valence-corrected chi connectivity index (χ4v) is 6.77. The van der Waals surface area contributed by atoms with Gasteiger partial charge in [-0.1, -0.05) is 65.9 Å². The number of hydrogen-bond acceptors (Lipinski definition) is 7. The molecule has 1 aliphatic rings. The number of carbonyl (C=O) groups excluding carboxylic acids is 2. The third-order valence-corrected chi connectivity index (χ3v) is 9.05. The first-order chi connectivity index (χ1) is 22.7. The van der Waals surface area contributed by atoms with E-state index in [2.05, 4.69) is 38.0 Å². The van der Waals surface area contributed by atoms with E-state index in [0.717, 1.165) is 39.9 Å². The Labute approximate surface area is 277 Å². The third-order valence-electron chi connectivity index (χ3n) is 8.10. The van der Waals surface area contributed by atoms with E-state index in [4.69, 9.17) is 9.72 Å². The number of rotatable bonds is 7. The summed E-state index contributed by atoms with van der Waals surface area (Å²) in [6.45, 7) is 7.46. The first kappa shape index (κ1) is 30.4. The summed E-state index contributed by atoms with van der Waals surface area (Å²) in [5.74, 6) is -0.00986. The van der Waals surface area contributed by atoms with Crippen molar-refractivity contribution in [1.82, 2.24) is 14.5 Å². The molecular weight excluding hydrogens is 607 g/mol. The summed E-state index contributed by atoms with van der Waals surface area (Å²) in [5, 5.41) is 3.58. The third kappa shape index (κ3) is 6.66. The zero-order valence-electron chi connectivity index (χ0n) is 26.6. The number of amides is 1. The number of aromatic nitrogens is 3. The van der Waals surface area contributed by atoms with E-state index in [1.54, 1.807) is 0 Å². The highest BCUT2D eigenvalue weighted by molar-refractivity contribution is 7.22. The molecule has 3 aromatic heterocycles. The summed E-state index contributed by atoms with van der Waals surface area (Å²) >= 11 is 1.46. The second kappa shape index (κ2) is 12.5. The smallest absolute Gasteiger partial charge is 0.358 e. The fraction of sp³-hybridized carbons (Fsp3) is 0.211. The molecule has 7 rings (SSSR count). The summed E-state index contributed by atoms with van der Waals surface area (Å²) < 4.78 is 8.95. The van der Waals surface area contributed by atoms with Crippen molar-refractivity contribution in [2.45, 2.75) is 45.9 Å². The SMILES string of the molecule is CC(C)(C)OC(=O)c1nc(N2CCc3cccc(C(=O)Nc4nc5ccccc5s4)c3C2)ccc1-c1ccn(Cc2ccccc2)c1. The normalized spacial score (nSPS) is 13.0. The molecular formula is C38H35N5O3S. The van der Waals surface area contributed by atoms with Gasteiger partial charge in [0.2, 0.25) is 0 Å². The van der Waals surface area contributed by atoms with Gasteiger partial charge in [0.15, 0.2) is 10.8 Å². The molecule has 8 nitrogen and oxygen atoms in total. The van der Waals surface area contributed by atoms with Crippen LogP contribution >= 0.6 is 11.3 Å². The van der Waals surface area contributed by atoms with Gasteiger partial charge >= 0.3 is 5.97 Å². The number of carbonyl (C=O) groups is 2. The summed E-state index contributed by atoms with van der Waals surface area (Å²) in [4.78, 5) is 38.8. The van der Waals surface area contributed by atoms with Crippen LogP contribution in [0.2, 0.25) is 0 Å². The van der Waals surface area contributed by atoms with Crippen LogP contribution in [0.1, 0.15) is 58.3 Å². The molecule has 0 radical (unpaired) electrons. The first-order valence-electron chi connectivity index (χ1n) is 15.7. The Bertz CT molecular complexity index is 2060. The molecule has 6 aromatic rings. The number of hydrogen-bond donors (Lipinski definition) is 1. The highest BCUT2D eigenvalue weighted by Crippen LogP contribution is 2.32. The molecule has 0 bridgehead atoms. The van der Waals surface area contributed by atoms with Crippen LogP contribution in [0.15, 0.2) is 103 Å². The maximum absolute atomic E-state index is 13.6. The van der Waals surface area contributed by atoms with Crippen molar-refractivity contribution >= 4 is 44.4 Å². The minimum Gasteiger partial charge on any atom is -0.455 e. The zero-order valence-corrected chi connectivity index (χ0v) is 27.4. The van der Waals surface area contributed by atoms with Crippen molar-refractivity contribution in [2.24, 2.45) is 0 Å². The van der Waals surface area contributed by atoms with Gasteiger partial charge in [-0.25, -0.2) is 14.8 Å². The van der Waals surface area contributed by atoms with E-state index in [-0.39, 0.29) is 11.6 Å². The van der Waals surface area contributed by atoms with Gasteiger partial charge in [0.05, 0.1) is 10.2 Å². The summed E-state index contributed by atoms with van der Waals surface area (Å²) in [6, 6.07) is 29.8. The first-order valence-corrected chi connectivity index (χ1v) is 16.5. The number of nitrogens with zero attached hydrogens (tertiary/aromatic N) is 4. The fourth-order valence-electron chi connectivity index (χ4n) is 5.91. The molecule has 0 atom stereocenters. The minimum absolute atomic E-state index is 0.194. The van der Waals surface area contributed by atoms with Crippen LogP contribution < -0.4 is 10.2 Å². The molecule has 9 heteroatoms. The number of esters is 1. The van der Waals surface area contributed by atoms with Crippen LogP contribution in [0.3, 0.4) is 0 Å². The standard InChI is InChI=1S/C38H35N5O3S/c1-38(2,3)46-36(45)34-28(27-18-20-42(23-27)22-25-10-5-4-6-11-25)16-17-33(40-34)43-21-19-26-12-9-13-29(30(26)24-43)35(44)41-37-39-31-14-7-8-15-32(31)47-37/h4-18,20,23H,19,21-22,24H2,1-3H3,(H,39,41,44). The molecule has 47 heavy (non-hydrogen) atoms. The van der Waals surface area contributed by atoms with Gasteiger partial charge in [-0.15, -0.1) is 0 Å². The van der Waals surface area contributed by atoms with Gasteiger partial charge in [-0.2, -0.15) is 0 Å². The van der Waals surface area contributed by atoms with Crippen LogP contribution in [0.5, 0.6) is 0 Å². The monoisotopic (exact) mass is 641 g/mol. The van der Waals surface area contributed by atoms with Gasteiger partial charge in [-0.05, 0) is 80.3 Å². The number of pyridine rings is 1. The van der Waals surface area contributed by atoms with Gasteiger partial charge < -0.3 is 14.2 Å². The molecule has 3 aromatic carbocycles. The largest absolute Gasteiger partial charge is 0.455 e. The topological polar surface area (TPSA) is 89.3 Å². The number of benzene rings is 3. The van der Waals surface area contributed by atoms with Crippen LogP contribution in [0.4, 0.5) is 10.9 Å². The average Bonchev–Trinajstić information content (AvgIpc) is 3.70. The van der Waals surface area contributed by atoms with Crippen LogP contribution in [0.25, 0.3) is 21.3 Å². The quantitative estimate of drug-likeness (QED) is 0.178. The Morgan fingerprint density at radius 3 is 2.53 bits per heavy atom. The van der Waals surface area contributed by atoms with Gasteiger partial charge in [0.1, 0.15) is 11.4 Å². The highest BCUT2D eigenvalue weighted by Gasteiger charge is 2.27. The maximum atomic E-state index is 13.6. The number of anilines is 2. The Hall–Kier alpha value is -5.28. The molecule has 0 fully saturated rings. The highest BCUT2D eigenvalue weighted by atomic mass is 32.1. The predicted molar refractivity (Wildman–Crippen MR) is 187 cm³/mol. The Kier molecular flexibility index (Phi) is 8.07. The lowest BCUT2D eigenvalue weighted by Gasteiger charge is -2.31. The number of thiazole rings is 1. The van der Waals surface area contributed by atoms with Gasteiger partial charge in [0.25, 0.3) is 5.91 Å². The molecule has 1 aliphatic heterocycles. The van der Waals surface area contributed by atoms with E-state index >= 15 is 0 Å². The Balaban J connectivity index is 1.17. The average molecular weight is 642 g/mol. The molecule has 0 saturated heterocycles. The molecule has 236 valence electrons. The van der Waals surface area contributed by atoms with E-state index in [1.165, 1.54) is 16.9 Å². The minimum atomic E-state index is -0.680. The molecule has 0 unspecified atom stereocenters. The van der Waals surface area contributed by atoms with Crippen molar-refractivity contribution < 1.29 is 14.3 Å². The van der Waals surface area contributed by atoms with E-state index < -0.39 is 11.6 Å². The second-order valence-electron chi connectivity index (χ2n) is 12.7. The summed E-state index contributed by atoms with van der Waals surface area (Å²) in [5.41, 5.74) is 5.91. The number of nitrogens with one attached hydrogen (secondary N) is 1. The molecule has 0 spiro atoms. The van der Waals surface area contributed by atoms with Crippen molar-refractivity contribution in [3.8, 4) is 11.1 Å². The number of fused-ring (bicyclic) bond motifs is 2. The van der Waals surface area contributed by atoms with Crippen molar-refractivity contribution in [3.05, 3.63) is 131 Å². The van der Waals surface area contributed by atoms with Crippen LogP contribution in [-0.4, -0.2) is 38.6 Å². The number of ether oxygens (including phenoxy) is 1. The van der Waals surface area contributed by atoms with E-state index in [1.807, 2.05) is 106 Å². The summed E-state index contributed by atoms with van der Waals surface area (Å²) in [6.07, 6.45) is 4.79. The van der Waals surface area contributed by atoms with Gasteiger partial charge in [0, 0.05) is 48.7 Å². The number of para-hydroxylation sites is 1. The predicted octanol–water partition coefficient (Wildman–Crippen LogP) is 7.98. The second-order valence-corrected chi connectivity index (χ2v) is 13.7. The molecule has 1 N–H and O–H groups in total. The Morgan fingerprint density at radius 2 is 1.72 bits per heavy atom. The lowest BCUT2D eigenvalue weighted by Crippen LogP contribution is -2.33. The zero-order chi connectivity index (χ0) is 32.5. The van der Waals surface area contributed by atoms with Crippen LogP contribution in [0, 0.1) is 0 Å². The van der Waals surface area contributed by atoms with Gasteiger partial charge in [-0.3, -0.25) is 10.1 Å².